The third kappa shape index (κ3) is 1.31. The topological polar surface area (TPSA) is 32.9 Å². The molecule has 2 heteroatoms. The van der Waals surface area contributed by atoms with Crippen LogP contribution in [0.5, 0.6) is 0 Å². The summed E-state index contributed by atoms with van der Waals surface area (Å²) in [7, 11) is 0. The average Bonchev–Trinajstić information content (AvgIpc) is 2.55. The summed E-state index contributed by atoms with van der Waals surface area (Å²) in [6.45, 7) is 0. The lowest BCUT2D eigenvalue weighted by atomic mass is 10.1. The van der Waals surface area contributed by atoms with Gasteiger partial charge in [0.05, 0.1) is 0 Å². The molecule has 0 aliphatic heterocycles. The lowest BCUT2D eigenvalue weighted by Crippen LogP contribution is -2.34. The third-order valence-electron chi connectivity index (χ3n) is 2.86. The molecule has 16 heavy (non-hydrogen) atoms. The Labute approximate surface area is 92.2 Å². The molecule has 1 aliphatic carbocycles. The smallest absolute Gasteiger partial charge is 0.256 e. The standard InChI is InChI=1S/C14H11NO/c16-14-12-8-5-4-6-10(12)11-7-2-1-3-9-13(11)15-14/h1,3-9H,2H2,(H,15,16). The summed E-state index contributed by atoms with van der Waals surface area (Å²) >= 11 is 0. The van der Waals surface area contributed by atoms with Crippen LogP contribution in [-0.4, -0.2) is 4.98 Å². The van der Waals surface area contributed by atoms with Crippen molar-refractivity contribution in [1.82, 2.24) is 4.98 Å². The summed E-state index contributed by atoms with van der Waals surface area (Å²) in [4.78, 5) is 14.8. The molecule has 3 rings (SSSR count). The number of aromatic amines is 1. The van der Waals surface area contributed by atoms with Gasteiger partial charge in [0.25, 0.3) is 5.56 Å². The van der Waals surface area contributed by atoms with Gasteiger partial charge in [0.2, 0.25) is 0 Å². The largest absolute Gasteiger partial charge is 0.321 e. The molecule has 1 N–H and O–H groups in total. The van der Waals surface area contributed by atoms with Crippen molar-refractivity contribution in [2.75, 3.05) is 0 Å². The average molecular weight is 209 g/mol. The maximum absolute atomic E-state index is 11.8. The van der Waals surface area contributed by atoms with E-state index in [1.54, 1.807) is 0 Å². The van der Waals surface area contributed by atoms with Gasteiger partial charge in [-0.25, -0.2) is 0 Å². The summed E-state index contributed by atoms with van der Waals surface area (Å²) in [5.74, 6) is 0. The van der Waals surface area contributed by atoms with Crippen molar-refractivity contribution in [2.24, 2.45) is 0 Å². The van der Waals surface area contributed by atoms with Crippen LogP contribution in [-0.2, 0) is 0 Å². The molecule has 2 aromatic rings. The third-order valence-corrected chi connectivity index (χ3v) is 2.86. The summed E-state index contributed by atoms with van der Waals surface area (Å²) in [5, 5.41) is 3.81. The predicted molar refractivity (Wildman–Crippen MR) is 66.5 cm³/mol. The second-order valence-corrected chi connectivity index (χ2v) is 3.86. The van der Waals surface area contributed by atoms with Gasteiger partial charge in [-0.2, -0.15) is 0 Å². The number of aromatic nitrogens is 1. The van der Waals surface area contributed by atoms with E-state index in [0.717, 1.165) is 27.8 Å². The van der Waals surface area contributed by atoms with Gasteiger partial charge in [0.15, 0.2) is 0 Å². The van der Waals surface area contributed by atoms with Crippen molar-refractivity contribution in [3.05, 3.63) is 57.3 Å². The Morgan fingerprint density at radius 1 is 1.12 bits per heavy atom. The molecule has 0 bridgehead atoms. The number of benzene rings is 1. The van der Waals surface area contributed by atoms with Crippen molar-refractivity contribution < 1.29 is 0 Å². The molecule has 0 radical (unpaired) electrons. The Morgan fingerprint density at radius 3 is 2.81 bits per heavy atom. The molecule has 1 aromatic heterocycles. The highest BCUT2D eigenvalue weighted by atomic mass is 16.1. The van der Waals surface area contributed by atoms with Crippen molar-refractivity contribution in [1.29, 1.82) is 0 Å². The van der Waals surface area contributed by atoms with Crippen LogP contribution in [0.15, 0.2) is 41.2 Å². The van der Waals surface area contributed by atoms with Gasteiger partial charge >= 0.3 is 0 Å². The molecule has 1 heterocycles. The molecule has 0 saturated heterocycles. The minimum absolute atomic E-state index is 0.0192. The van der Waals surface area contributed by atoms with E-state index in [0.29, 0.717) is 0 Å². The van der Waals surface area contributed by atoms with Crippen molar-refractivity contribution in [3.8, 4) is 0 Å². The van der Waals surface area contributed by atoms with E-state index >= 15 is 0 Å². The second kappa shape index (κ2) is 3.49. The molecule has 0 atom stereocenters. The SMILES string of the molecule is O=c1[nH]c2c(c3ccccc13)=CCC=CC=2. The van der Waals surface area contributed by atoms with E-state index in [1.807, 2.05) is 36.4 Å². The Balaban J connectivity index is 2.65. The lowest BCUT2D eigenvalue weighted by Gasteiger charge is -1.98. The molecular formula is C14H11NO. The Bertz CT molecular complexity index is 750. The van der Waals surface area contributed by atoms with Gasteiger partial charge in [-0.15, -0.1) is 0 Å². The van der Waals surface area contributed by atoms with Crippen LogP contribution in [0.25, 0.3) is 22.9 Å². The lowest BCUT2D eigenvalue weighted by molar-refractivity contribution is 1.19. The van der Waals surface area contributed by atoms with Gasteiger partial charge in [0.1, 0.15) is 0 Å². The first-order valence-electron chi connectivity index (χ1n) is 5.34. The van der Waals surface area contributed by atoms with Crippen LogP contribution >= 0.6 is 0 Å². The summed E-state index contributed by atoms with van der Waals surface area (Å²) in [5.41, 5.74) is -0.0192. The zero-order valence-electron chi connectivity index (χ0n) is 8.73. The van der Waals surface area contributed by atoms with Crippen LogP contribution in [0, 0.1) is 0 Å². The summed E-state index contributed by atoms with van der Waals surface area (Å²) < 4.78 is 0. The number of nitrogens with one attached hydrogen (secondary N) is 1. The fourth-order valence-corrected chi connectivity index (χ4v) is 2.10. The maximum atomic E-state index is 11.8. The minimum atomic E-state index is -0.0192. The molecule has 78 valence electrons. The Hall–Kier alpha value is -2.09. The van der Waals surface area contributed by atoms with E-state index in [2.05, 4.69) is 17.1 Å². The van der Waals surface area contributed by atoms with E-state index in [9.17, 15) is 4.79 Å². The second-order valence-electron chi connectivity index (χ2n) is 3.86. The monoisotopic (exact) mass is 209 g/mol. The van der Waals surface area contributed by atoms with Gasteiger partial charge < -0.3 is 4.98 Å². The van der Waals surface area contributed by atoms with Gasteiger partial charge in [-0.3, -0.25) is 4.79 Å². The van der Waals surface area contributed by atoms with Crippen LogP contribution in [0.4, 0.5) is 0 Å². The maximum Gasteiger partial charge on any atom is 0.256 e. The van der Waals surface area contributed by atoms with E-state index in [4.69, 9.17) is 0 Å². The fraction of sp³-hybridized carbons (Fsp3) is 0.0714. The molecule has 0 spiro atoms. The molecule has 0 fully saturated rings. The highest BCUT2D eigenvalue weighted by Crippen LogP contribution is 2.02. The van der Waals surface area contributed by atoms with Crippen molar-refractivity contribution in [2.45, 2.75) is 6.42 Å². The quantitative estimate of drug-likeness (QED) is 0.691. The zero-order valence-corrected chi connectivity index (χ0v) is 8.73. The number of pyridine rings is 1. The molecular weight excluding hydrogens is 198 g/mol. The normalized spacial score (nSPS) is 13.8. The molecule has 0 saturated carbocycles. The highest BCUT2D eigenvalue weighted by Gasteiger charge is 2.00. The van der Waals surface area contributed by atoms with E-state index < -0.39 is 0 Å². The van der Waals surface area contributed by atoms with Crippen molar-refractivity contribution >= 4 is 22.9 Å². The van der Waals surface area contributed by atoms with Crippen LogP contribution in [0.2, 0.25) is 0 Å². The number of allylic oxidation sites excluding steroid dienone is 2. The number of hydrogen-bond donors (Lipinski definition) is 1. The summed E-state index contributed by atoms with van der Waals surface area (Å²) in [6, 6.07) is 7.72. The van der Waals surface area contributed by atoms with Crippen LogP contribution < -0.4 is 16.1 Å². The Kier molecular flexibility index (Phi) is 2.00. The fourth-order valence-electron chi connectivity index (χ4n) is 2.10. The van der Waals surface area contributed by atoms with Crippen LogP contribution in [0.3, 0.4) is 0 Å². The zero-order chi connectivity index (χ0) is 11.0. The van der Waals surface area contributed by atoms with Crippen molar-refractivity contribution in [3.63, 3.8) is 0 Å². The minimum Gasteiger partial charge on any atom is -0.321 e. The number of rotatable bonds is 0. The first kappa shape index (κ1) is 9.16. The Morgan fingerprint density at radius 2 is 1.94 bits per heavy atom. The number of fused-ring (bicyclic) bond motifs is 3. The number of hydrogen-bond acceptors (Lipinski definition) is 1. The van der Waals surface area contributed by atoms with Gasteiger partial charge in [-0.05, 0) is 23.9 Å². The highest BCUT2D eigenvalue weighted by molar-refractivity contribution is 5.82. The molecule has 2 nitrogen and oxygen atoms in total. The summed E-state index contributed by atoms with van der Waals surface area (Å²) in [6.07, 6.45) is 9.06. The predicted octanol–water partition coefficient (Wildman–Crippen LogP) is 1.05. The molecule has 0 amide bonds. The number of H-pyrrole nitrogens is 1. The first-order valence-corrected chi connectivity index (χ1v) is 5.34. The van der Waals surface area contributed by atoms with Gasteiger partial charge in [-0.1, -0.05) is 36.4 Å². The molecule has 1 aromatic carbocycles. The molecule has 1 aliphatic rings. The van der Waals surface area contributed by atoms with Gasteiger partial charge in [0, 0.05) is 16.0 Å². The van der Waals surface area contributed by atoms with Crippen LogP contribution in [0.1, 0.15) is 6.42 Å². The first-order chi connectivity index (χ1) is 7.86. The van der Waals surface area contributed by atoms with E-state index in [-0.39, 0.29) is 5.56 Å². The van der Waals surface area contributed by atoms with E-state index in [1.165, 1.54) is 0 Å². The molecule has 0 unspecified atom stereocenters.